The molecule has 7 nitrogen and oxygen atoms in total. The second-order valence-electron chi connectivity index (χ2n) is 3.46. The van der Waals surface area contributed by atoms with Gasteiger partial charge in [-0.2, -0.15) is 16.7 Å². The van der Waals surface area contributed by atoms with Crippen molar-refractivity contribution in [3.63, 3.8) is 0 Å². The molecule has 1 unspecified atom stereocenters. The Morgan fingerprint density at radius 3 is 2.94 bits per heavy atom. The summed E-state index contributed by atoms with van der Waals surface area (Å²) in [5.74, 6) is 2.26. The average Bonchev–Trinajstić information content (AvgIpc) is 2.96. The molecule has 3 rings (SSSR count). The number of hydrogen-bond acceptors (Lipinski definition) is 8. The molecule has 1 fully saturated rings. The van der Waals surface area contributed by atoms with E-state index in [1.807, 2.05) is 11.8 Å². The predicted molar refractivity (Wildman–Crippen MR) is 56.4 cm³/mol. The largest absolute Gasteiger partial charge is 0.379 e. The molecule has 0 aromatic carbocycles. The van der Waals surface area contributed by atoms with Crippen LogP contribution in [-0.4, -0.2) is 26.2 Å². The molecule has 3 heterocycles. The van der Waals surface area contributed by atoms with Gasteiger partial charge in [0, 0.05) is 0 Å². The van der Waals surface area contributed by atoms with Crippen molar-refractivity contribution in [1.82, 2.24) is 20.5 Å². The van der Waals surface area contributed by atoms with Crippen molar-refractivity contribution in [3.8, 4) is 11.6 Å². The van der Waals surface area contributed by atoms with E-state index < -0.39 is 0 Å². The van der Waals surface area contributed by atoms with Crippen molar-refractivity contribution in [2.45, 2.75) is 18.1 Å². The van der Waals surface area contributed by atoms with E-state index in [9.17, 15) is 0 Å². The summed E-state index contributed by atoms with van der Waals surface area (Å²) in [7, 11) is 0. The van der Waals surface area contributed by atoms with E-state index in [1.165, 1.54) is 6.42 Å². The first kappa shape index (κ1) is 9.64. The Balaban J connectivity index is 1.90. The van der Waals surface area contributed by atoms with Crippen LogP contribution in [0.4, 0.5) is 5.82 Å². The van der Waals surface area contributed by atoms with Crippen molar-refractivity contribution in [1.29, 1.82) is 0 Å². The Hall–Kier alpha value is -1.57. The molecule has 1 saturated heterocycles. The number of aromatic nitrogens is 4. The van der Waals surface area contributed by atoms with Gasteiger partial charge in [-0.15, -0.1) is 0 Å². The number of hydrogen-bond donors (Lipinski definition) is 1. The van der Waals surface area contributed by atoms with E-state index >= 15 is 0 Å². The summed E-state index contributed by atoms with van der Waals surface area (Å²) in [4.78, 5) is 4.25. The molecular formula is C8H9N5O2S. The number of thioether (sulfide) groups is 1. The molecule has 1 aliphatic heterocycles. The van der Waals surface area contributed by atoms with Crippen LogP contribution in [0.1, 0.15) is 23.9 Å². The molecule has 84 valence electrons. The van der Waals surface area contributed by atoms with Gasteiger partial charge >= 0.3 is 0 Å². The van der Waals surface area contributed by atoms with Gasteiger partial charge < -0.3 is 10.3 Å². The lowest BCUT2D eigenvalue weighted by atomic mass is 10.2. The standard InChI is InChI=1S/C8H9N5O2S/c9-6-5(11-15-12-6)8-10-7(13-14-8)4-2-1-3-16-4/h4H,1-3H2,(H2,9,12). The fraction of sp³-hybridized carbons (Fsp3) is 0.500. The van der Waals surface area contributed by atoms with Crippen molar-refractivity contribution in [3.05, 3.63) is 5.82 Å². The summed E-state index contributed by atoms with van der Waals surface area (Å²) in [6.07, 6.45) is 2.27. The lowest BCUT2D eigenvalue weighted by molar-refractivity contribution is 0.308. The maximum Gasteiger partial charge on any atom is 0.284 e. The first-order valence-electron chi connectivity index (χ1n) is 4.88. The Bertz CT molecular complexity index is 490. The van der Waals surface area contributed by atoms with Gasteiger partial charge in [-0.3, -0.25) is 0 Å². The molecule has 0 bridgehead atoms. The first-order chi connectivity index (χ1) is 7.84. The minimum atomic E-state index is 0.161. The summed E-state index contributed by atoms with van der Waals surface area (Å²) >= 11 is 1.83. The van der Waals surface area contributed by atoms with Crippen molar-refractivity contribution in [2.24, 2.45) is 0 Å². The highest BCUT2D eigenvalue weighted by atomic mass is 32.2. The highest BCUT2D eigenvalue weighted by Crippen LogP contribution is 2.38. The molecule has 16 heavy (non-hydrogen) atoms. The zero-order chi connectivity index (χ0) is 11.0. The topological polar surface area (TPSA) is 104 Å². The molecule has 8 heteroatoms. The van der Waals surface area contributed by atoms with Crippen LogP contribution >= 0.6 is 11.8 Å². The lowest BCUT2D eigenvalue weighted by Gasteiger charge is -1.98. The third kappa shape index (κ3) is 1.54. The van der Waals surface area contributed by atoms with E-state index in [4.69, 9.17) is 10.3 Å². The van der Waals surface area contributed by atoms with Gasteiger partial charge in [0.1, 0.15) is 0 Å². The smallest absolute Gasteiger partial charge is 0.284 e. The summed E-state index contributed by atoms with van der Waals surface area (Å²) in [5, 5.41) is 11.3. The second-order valence-corrected chi connectivity index (χ2v) is 4.77. The van der Waals surface area contributed by atoms with E-state index in [-0.39, 0.29) is 11.7 Å². The van der Waals surface area contributed by atoms with Crippen LogP contribution in [-0.2, 0) is 0 Å². The Morgan fingerprint density at radius 1 is 1.31 bits per heavy atom. The zero-order valence-electron chi connectivity index (χ0n) is 8.29. The Morgan fingerprint density at radius 2 is 2.25 bits per heavy atom. The molecule has 0 spiro atoms. The molecule has 1 aliphatic rings. The van der Waals surface area contributed by atoms with Crippen molar-refractivity contribution < 1.29 is 9.15 Å². The van der Waals surface area contributed by atoms with Crippen LogP contribution < -0.4 is 5.73 Å². The van der Waals surface area contributed by atoms with E-state index in [0.717, 1.165) is 12.2 Å². The maximum absolute atomic E-state index is 5.53. The molecule has 2 N–H and O–H groups in total. The van der Waals surface area contributed by atoms with Crippen LogP contribution in [0.5, 0.6) is 0 Å². The van der Waals surface area contributed by atoms with E-state index in [2.05, 4.69) is 25.1 Å². The lowest BCUT2D eigenvalue weighted by Crippen LogP contribution is -1.92. The molecule has 1 atom stereocenters. The van der Waals surface area contributed by atoms with Crippen LogP contribution in [0.2, 0.25) is 0 Å². The van der Waals surface area contributed by atoms with Gasteiger partial charge in [-0.1, -0.05) is 5.16 Å². The summed E-state index contributed by atoms with van der Waals surface area (Å²) < 4.78 is 9.56. The van der Waals surface area contributed by atoms with Gasteiger partial charge in [-0.25, -0.2) is 4.63 Å². The average molecular weight is 239 g/mol. The fourth-order valence-electron chi connectivity index (χ4n) is 1.59. The highest BCUT2D eigenvalue weighted by Gasteiger charge is 2.25. The van der Waals surface area contributed by atoms with Gasteiger partial charge in [-0.05, 0) is 28.9 Å². The highest BCUT2D eigenvalue weighted by molar-refractivity contribution is 7.99. The van der Waals surface area contributed by atoms with Crippen LogP contribution in [0.3, 0.4) is 0 Å². The third-order valence-electron chi connectivity index (χ3n) is 2.38. The maximum atomic E-state index is 5.53. The summed E-state index contributed by atoms with van der Waals surface area (Å²) in [5.41, 5.74) is 5.84. The van der Waals surface area contributed by atoms with Crippen LogP contribution in [0, 0.1) is 0 Å². The van der Waals surface area contributed by atoms with E-state index in [0.29, 0.717) is 16.8 Å². The number of rotatable bonds is 2. The van der Waals surface area contributed by atoms with Crippen LogP contribution in [0.15, 0.2) is 9.15 Å². The minimum absolute atomic E-state index is 0.161. The van der Waals surface area contributed by atoms with Gasteiger partial charge in [0.25, 0.3) is 5.89 Å². The Kier molecular flexibility index (Phi) is 2.28. The van der Waals surface area contributed by atoms with Gasteiger partial charge in [0.15, 0.2) is 5.82 Å². The second kappa shape index (κ2) is 3.78. The zero-order valence-corrected chi connectivity index (χ0v) is 9.11. The normalized spacial score (nSPS) is 20.4. The van der Waals surface area contributed by atoms with Crippen LogP contribution in [0.25, 0.3) is 11.6 Å². The van der Waals surface area contributed by atoms with E-state index in [1.54, 1.807) is 0 Å². The summed E-state index contributed by atoms with van der Waals surface area (Å²) in [6.45, 7) is 0. The Labute approximate surface area is 94.7 Å². The van der Waals surface area contributed by atoms with Gasteiger partial charge in [0.05, 0.1) is 5.25 Å². The minimum Gasteiger partial charge on any atom is -0.379 e. The molecule has 0 aliphatic carbocycles. The number of nitrogens with zero attached hydrogens (tertiary/aromatic N) is 4. The molecule has 2 aromatic rings. The molecule has 0 radical (unpaired) electrons. The molecule has 0 amide bonds. The predicted octanol–water partition coefficient (Wildman–Crippen LogP) is 1.27. The fourth-order valence-corrected chi connectivity index (χ4v) is 2.78. The number of anilines is 1. The number of nitrogens with two attached hydrogens (primary N) is 1. The number of nitrogen functional groups attached to an aromatic ring is 1. The van der Waals surface area contributed by atoms with Crippen molar-refractivity contribution >= 4 is 17.6 Å². The molecular weight excluding hydrogens is 230 g/mol. The molecule has 0 saturated carbocycles. The summed E-state index contributed by atoms with van der Waals surface area (Å²) in [6, 6.07) is 0. The third-order valence-corrected chi connectivity index (χ3v) is 3.75. The molecule has 2 aromatic heterocycles. The monoisotopic (exact) mass is 239 g/mol. The van der Waals surface area contributed by atoms with Crippen molar-refractivity contribution in [2.75, 3.05) is 11.5 Å². The first-order valence-corrected chi connectivity index (χ1v) is 5.93. The quantitative estimate of drug-likeness (QED) is 0.835. The van der Waals surface area contributed by atoms with Gasteiger partial charge in [0.2, 0.25) is 11.5 Å². The SMILES string of the molecule is Nc1nonc1-c1nc(C2CCCS2)no1.